The quantitative estimate of drug-likeness (QED) is 0.0715. The van der Waals surface area contributed by atoms with Gasteiger partial charge in [-0.1, -0.05) is 159 Å². The van der Waals surface area contributed by atoms with E-state index in [1.165, 1.54) is 66.8 Å². The van der Waals surface area contributed by atoms with Crippen molar-refractivity contribution in [3.8, 4) is 23.0 Å². The second-order valence-corrected chi connectivity index (χ2v) is 25.6. The van der Waals surface area contributed by atoms with Gasteiger partial charge in [0.1, 0.15) is 36.2 Å². The van der Waals surface area contributed by atoms with Gasteiger partial charge in [0.2, 0.25) is 0 Å². The highest BCUT2D eigenvalue weighted by molar-refractivity contribution is 7.98. The lowest BCUT2D eigenvalue weighted by Crippen LogP contribution is -2.28. The Morgan fingerprint density at radius 2 is 0.557 bits per heavy atom. The van der Waals surface area contributed by atoms with Crippen molar-refractivity contribution in [3.05, 3.63) is 115 Å². The Morgan fingerprint density at radius 1 is 0.357 bits per heavy atom. The molecule has 8 heteroatoms. The zero-order valence-corrected chi connectivity index (χ0v) is 48.9. The highest BCUT2D eigenvalue weighted by Gasteiger charge is 2.30. The molecule has 4 aromatic carbocycles. The number of hydrogen-bond acceptors (Lipinski definition) is 8. The molecule has 0 saturated heterocycles. The molecule has 6 nitrogen and oxygen atoms in total. The monoisotopic (exact) mass is 995 g/mol. The first-order valence-corrected chi connectivity index (χ1v) is 29.3. The van der Waals surface area contributed by atoms with Crippen molar-refractivity contribution >= 4 is 23.5 Å². The van der Waals surface area contributed by atoms with Crippen LogP contribution in [-0.2, 0) is 47.3 Å². The molecule has 8 bridgehead atoms. The molecule has 0 fully saturated rings. The van der Waals surface area contributed by atoms with Gasteiger partial charge in [0.25, 0.3) is 0 Å². The van der Waals surface area contributed by atoms with Crippen LogP contribution in [-0.4, -0.2) is 99.5 Å². The van der Waals surface area contributed by atoms with Crippen LogP contribution >= 0.6 is 23.5 Å². The third-order valence-corrected chi connectivity index (χ3v) is 15.3. The minimum atomic E-state index is -0.106. The lowest BCUT2D eigenvalue weighted by atomic mass is 9.79. The number of thioether (sulfide) groups is 2. The summed E-state index contributed by atoms with van der Waals surface area (Å²) in [6.07, 6.45) is 7.03. The fourth-order valence-corrected chi connectivity index (χ4v) is 9.95. The van der Waals surface area contributed by atoms with E-state index < -0.39 is 0 Å². The molecule has 388 valence electrons. The fourth-order valence-electron chi connectivity index (χ4n) is 9.45. The van der Waals surface area contributed by atoms with Crippen LogP contribution in [0.4, 0.5) is 0 Å². The summed E-state index contributed by atoms with van der Waals surface area (Å²) in [5, 5.41) is 0. The van der Waals surface area contributed by atoms with E-state index in [1.54, 1.807) is 0 Å². The van der Waals surface area contributed by atoms with Crippen LogP contribution in [0.15, 0.2) is 48.5 Å². The van der Waals surface area contributed by atoms with E-state index in [0.717, 1.165) is 73.8 Å². The Morgan fingerprint density at radius 3 is 0.729 bits per heavy atom. The summed E-state index contributed by atoms with van der Waals surface area (Å²) in [6, 6.07) is 19.6. The normalized spacial score (nSPS) is 13.5. The molecule has 0 atom stereocenters. The summed E-state index contributed by atoms with van der Waals surface area (Å²) >= 11 is 3.66. The standard InChI is InChI=1S/C62H94N2O4S2/c1-19-63(20-2)23-25-65-55-43-31-47-39-53(61(11,12)13)41-49(57(47)67-27-29-69-17)33-45-37-52(60(8,9)10)38-46(56(45)66-26-24-64(21-3)22-4)34-50-42-54(62(14,15)16)40-48(58(50)68-28-30-70-18)32-44(55)36-51(35-43)59(5,6)7/h35-42H,19-34H2,1-18H3. The van der Waals surface area contributed by atoms with Crippen LogP contribution in [0.2, 0.25) is 0 Å². The summed E-state index contributed by atoms with van der Waals surface area (Å²) in [5.41, 5.74) is 14.4. The first-order valence-electron chi connectivity index (χ1n) is 26.5. The van der Waals surface area contributed by atoms with Crippen molar-refractivity contribution in [3.63, 3.8) is 0 Å². The van der Waals surface area contributed by atoms with Gasteiger partial charge in [-0.3, -0.25) is 0 Å². The van der Waals surface area contributed by atoms with Crippen LogP contribution in [0.25, 0.3) is 0 Å². The molecule has 5 rings (SSSR count). The van der Waals surface area contributed by atoms with Crippen molar-refractivity contribution in [2.24, 2.45) is 0 Å². The maximum atomic E-state index is 7.25. The number of ether oxygens (including phenoxy) is 4. The van der Waals surface area contributed by atoms with Crippen molar-refractivity contribution in [1.29, 1.82) is 0 Å². The molecule has 4 aromatic rings. The van der Waals surface area contributed by atoms with Gasteiger partial charge < -0.3 is 28.7 Å². The Hall–Kier alpha value is -3.30. The molecule has 0 saturated carbocycles. The van der Waals surface area contributed by atoms with Crippen LogP contribution in [0.3, 0.4) is 0 Å². The van der Waals surface area contributed by atoms with Crippen LogP contribution < -0.4 is 18.9 Å². The van der Waals surface area contributed by atoms with Crippen molar-refractivity contribution in [1.82, 2.24) is 9.80 Å². The Labute approximate surface area is 436 Å². The van der Waals surface area contributed by atoms with E-state index in [1.807, 2.05) is 23.5 Å². The topological polar surface area (TPSA) is 43.4 Å². The summed E-state index contributed by atoms with van der Waals surface area (Å²) in [6.45, 7) is 45.2. The highest BCUT2D eigenvalue weighted by Crippen LogP contribution is 2.44. The van der Waals surface area contributed by atoms with E-state index in [-0.39, 0.29) is 21.7 Å². The molecule has 1 aliphatic carbocycles. The zero-order chi connectivity index (χ0) is 51.6. The van der Waals surface area contributed by atoms with Gasteiger partial charge in [-0.25, -0.2) is 0 Å². The van der Waals surface area contributed by atoms with Gasteiger partial charge in [-0.05, 0) is 127 Å². The lowest BCUT2D eigenvalue weighted by molar-refractivity contribution is 0.220. The maximum absolute atomic E-state index is 7.25. The molecule has 0 radical (unpaired) electrons. The van der Waals surface area contributed by atoms with Gasteiger partial charge in [-0.15, -0.1) is 0 Å². The van der Waals surface area contributed by atoms with Crippen LogP contribution in [0.5, 0.6) is 23.0 Å². The maximum Gasteiger partial charge on any atom is 0.126 e. The lowest BCUT2D eigenvalue weighted by Gasteiger charge is -2.29. The summed E-state index contributed by atoms with van der Waals surface area (Å²) < 4.78 is 28.8. The van der Waals surface area contributed by atoms with E-state index in [9.17, 15) is 0 Å². The zero-order valence-electron chi connectivity index (χ0n) is 47.3. The van der Waals surface area contributed by atoms with Gasteiger partial charge >= 0.3 is 0 Å². The Kier molecular flexibility index (Phi) is 20.6. The Bertz CT molecular complexity index is 2060. The molecular weight excluding hydrogens is 901 g/mol. The number of likely N-dealkylation sites (N-methyl/N-ethyl adjacent to an activating group) is 2. The second kappa shape index (κ2) is 25.1. The number of benzene rings is 4. The van der Waals surface area contributed by atoms with Crippen molar-refractivity contribution in [2.45, 2.75) is 158 Å². The third kappa shape index (κ3) is 15.4. The minimum Gasteiger partial charge on any atom is -0.492 e. The fraction of sp³-hybridized carbons (Fsp3) is 0.613. The first-order chi connectivity index (χ1) is 32.9. The Balaban J connectivity index is 2.00. The van der Waals surface area contributed by atoms with Gasteiger partial charge in [-0.2, -0.15) is 23.5 Å². The molecular formula is C62H94N2O4S2. The highest BCUT2D eigenvalue weighted by atomic mass is 32.2. The first kappa shape index (κ1) is 57.6. The van der Waals surface area contributed by atoms with Crippen LogP contribution in [0.1, 0.15) is 178 Å². The average molecular weight is 996 g/mol. The molecule has 0 heterocycles. The molecule has 0 N–H and O–H groups in total. The predicted molar refractivity (Wildman–Crippen MR) is 306 cm³/mol. The molecule has 70 heavy (non-hydrogen) atoms. The second-order valence-electron chi connectivity index (χ2n) is 23.6. The molecule has 0 unspecified atom stereocenters. The van der Waals surface area contributed by atoms with E-state index in [4.69, 9.17) is 18.9 Å². The van der Waals surface area contributed by atoms with Gasteiger partial charge in [0.15, 0.2) is 0 Å². The molecule has 0 aliphatic heterocycles. The molecule has 0 aromatic heterocycles. The molecule has 0 spiro atoms. The van der Waals surface area contributed by atoms with Crippen molar-refractivity contribution in [2.75, 3.05) is 89.7 Å². The largest absolute Gasteiger partial charge is 0.492 e. The van der Waals surface area contributed by atoms with E-state index >= 15 is 0 Å². The number of rotatable bonds is 20. The molecule has 1 aliphatic rings. The SMILES string of the molecule is CCN(CC)CCOc1c2cc(C(C)(C)C)cc1Cc1cc(C(C)(C)C)cc(c1OCCSC)Cc1cc(C(C)(C)C)cc(c1OCCN(CC)CC)Cc1cc(C(C)(C)C)cc(c1OCCSC)C2. The smallest absolute Gasteiger partial charge is 0.126 e. The summed E-state index contributed by atoms with van der Waals surface area (Å²) in [4.78, 5) is 4.91. The number of hydrogen-bond donors (Lipinski definition) is 0. The van der Waals surface area contributed by atoms with Crippen LogP contribution in [0, 0.1) is 0 Å². The van der Waals surface area contributed by atoms with E-state index in [0.29, 0.717) is 52.1 Å². The number of nitrogens with zero attached hydrogens (tertiary/aromatic N) is 2. The van der Waals surface area contributed by atoms with E-state index in [2.05, 4.69) is 182 Å². The minimum absolute atomic E-state index is 0.106. The number of fused-ring (bicyclic) bond motifs is 8. The van der Waals surface area contributed by atoms with Gasteiger partial charge in [0, 0.05) is 50.3 Å². The third-order valence-electron chi connectivity index (χ3n) is 14.1. The summed E-state index contributed by atoms with van der Waals surface area (Å²) in [5.74, 6) is 5.78. The summed E-state index contributed by atoms with van der Waals surface area (Å²) in [7, 11) is 0. The average Bonchev–Trinajstić information content (AvgIpc) is 3.27. The predicted octanol–water partition coefficient (Wildman–Crippen LogP) is 14.5. The van der Waals surface area contributed by atoms with Gasteiger partial charge in [0.05, 0.1) is 13.2 Å². The molecule has 0 amide bonds. The van der Waals surface area contributed by atoms with Crippen molar-refractivity contribution < 1.29 is 18.9 Å².